The van der Waals surface area contributed by atoms with Crippen LogP contribution in [0.15, 0.2) is 0 Å². The first-order valence-electron chi connectivity index (χ1n) is 6.57. The first kappa shape index (κ1) is 14.5. The van der Waals surface area contributed by atoms with Gasteiger partial charge in [-0.2, -0.15) is 0 Å². The normalized spacial score (nSPS) is 30.9. The van der Waals surface area contributed by atoms with Crippen LogP contribution >= 0.6 is 11.8 Å². The van der Waals surface area contributed by atoms with E-state index in [1.165, 1.54) is 16.7 Å². The lowest BCUT2D eigenvalue weighted by Gasteiger charge is -2.30. The van der Waals surface area contributed by atoms with Gasteiger partial charge in [-0.3, -0.25) is 4.90 Å². The van der Waals surface area contributed by atoms with Gasteiger partial charge in [0, 0.05) is 25.4 Å². The molecule has 2 N–H and O–H groups in total. The van der Waals surface area contributed by atoms with E-state index >= 15 is 0 Å². The average Bonchev–Trinajstić information content (AvgIpc) is 2.95. The maximum atomic E-state index is 12.4. The molecule has 3 atom stereocenters. The molecule has 0 saturated carbocycles. The third-order valence-corrected chi connectivity index (χ3v) is 5.04. The maximum absolute atomic E-state index is 12.4. The molecule has 108 valence electrons. The van der Waals surface area contributed by atoms with Gasteiger partial charge in [0.1, 0.15) is 6.04 Å². The van der Waals surface area contributed by atoms with Gasteiger partial charge in [-0.1, -0.05) is 0 Å². The van der Waals surface area contributed by atoms with E-state index in [0.717, 1.165) is 6.42 Å². The third kappa shape index (κ3) is 2.97. The summed E-state index contributed by atoms with van der Waals surface area (Å²) in [6.45, 7) is 3.29. The Morgan fingerprint density at radius 2 is 2.16 bits per heavy atom. The molecule has 2 rings (SSSR count). The molecule has 6 nitrogen and oxygen atoms in total. The van der Waals surface area contributed by atoms with Crippen LogP contribution in [0.25, 0.3) is 0 Å². The van der Waals surface area contributed by atoms with E-state index in [0.29, 0.717) is 31.2 Å². The van der Waals surface area contributed by atoms with Crippen LogP contribution in [-0.2, 0) is 4.79 Å². The van der Waals surface area contributed by atoms with E-state index in [4.69, 9.17) is 5.11 Å². The number of carbonyl (C=O) groups is 2. The van der Waals surface area contributed by atoms with Gasteiger partial charge in [-0.15, -0.1) is 11.8 Å². The molecule has 2 saturated heterocycles. The molecule has 2 fully saturated rings. The Balaban J connectivity index is 2.00. The fourth-order valence-electron chi connectivity index (χ4n) is 2.71. The Morgan fingerprint density at radius 1 is 1.42 bits per heavy atom. The van der Waals surface area contributed by atoms with E-state index in [1.54, 1.807) is 4.90 Å². The van der Waals surface area contributed by atoms with Crippen molar-refractivity contribution < 1.29 is 19.8 Å². The lowest BCUT2D eigenvalue weighted by atomic mass is 10.1. The summed E-state index contributed by atoms with van der Waals surface area (Å²) in [6.07, 6.45) is 1.59. The summed E-state index contributed by atoms with van der Waals surface area (Å²) >= 11 is 1.50. The molecule has 2 amide bonds. The minimum atomic E-state index is -0.934. The second-order valence-corrected chi connectivity index (χ2v) is 6.44. The summed E-state index contributed by atoms with van der Waals surface area (Å²) in [4.78, 5) is 26.8. The summed E-state index contributed by atoms with van der Waals surface area (Å²) in [5, 5.41) is 18.0. The zero-order valence-electron chi connectivity index (χ0n) is 11.0. The van der Waals surface area contributed by atoms with E-state index < -0.39 is 12.0 Å². The van der Waals surface area contributed by atoms with Crippen molar-refractivity contribution in [3.8, 4) is 0 Å². The number of carbonyl (C=O) groups excluding carboxylic acids is 1. The standard InChI is InChI=1S/C12H20N2O4S/c1-8-14(10(7-19-8)11(16)17)12(18)13-4-2-9(6-13)3-5-15/h8-10,15H,2-7H2,1H3,(H,16,17). The zero-order chi connectivity index (χ0) is 14.0. The third-order valence-electron chi connectivity index (χ3n) is 3.82. The van der Waals surface area contributed by atoms with Gasteiger partial charge < -0.3 is 15.1 Å². The van der Waals surface area contributed by atoms with Crippen LogP contribution in [0.5, 0.6) is 0 Å². The molecule has 19 heavy (non-hydrogen) atoms. The van der Waals surface area contributed by atoms with Gasteiger partial charge in [0.25, 0.3) is 0 Å². The van der Waals surface area contributed by atoms with Gasteiger partial charge in [-0.25, -0.2) is 9.59 Å². The lowest BCUT2D eigenvalue weighted by Crippen LogP contribution is -2.50. The van der Waals surface area contributed by atoms with Crippen LogP contribution in [0.4, 0.5) is 4.79 Å². The Hall–Kier alpha value is -0.950. The smallest absolute Gasteiger partial charge is 0.327 e. The summed E-state index contributed by atoms with van der Waals surface area (Å²) in [6, 6.07) is -0.894. The fraction of sp³-hybridized carbons (Fsp3) is 0.833. The summed E-state index contributed by atoms with van der Waals surface area (Å²) in [7, 11) is 0. The largest absolute Gasteiger partial charge is 0.480 e. The number of urea groups is 1. The first-order chi connectivity index (χ1) is 9.04. The average molecular weight is 288 g/mol. The second-order valence-electron chi connectivity index (χ2n) is 5.09. The van der Waals surface area contributed by atoms with Crippen molar-refractivity contribution in [3.05, 3.63) is 0 Å². The fourth-order valence-corrected chi connectivity index (χ4v) is 3.87. The van der Waals surface area contributed by atoms with E-state index in [1.807, 2.05) is 6.92 Å². The number of hydrogen-bond donors (Lipinski definition) is 2. The van der Waals surface area contributed by atoms with Crippen molar-refractivity contribution in [1.82, 2.24) is 9.80 Å². The van der Waals surface area contributed by atoms with E-state index in [9.17, 15) is 14.7 Å². The molecular weight excluding hydrogens is 268 g/mol. The van der Waals surface area contributed by atoms with Crippen LogP contribution in [0.2, 0.25) is 0 Å². The minimum Gasteiger partial charge on any atom is -0.480 e. The summed E-state index contributed by atoms with van der Waals surface area (Å²) in [5.41, 5.74) is 0. The van der Waals surface area contributed by atoms with Crippen LogP contribution in [0.1, 0.15) is 19.8 Å². The van der Waals surface area contributed by atoms with Crippen molar-refractivity contribution >= 4 is 23.8 Å². The lowest BCUT2D eigenvalue weighted by molar-refractivity contribution is -0.141. The Morgan fingerprint density at radius 3 is 2.79 bits per heavy atom. The number of carboxylic acid groups (broad SMARTS) is 1. The zero-order valence-corrected chi connectivity index (χ0v) is 11.8. The SMILES string of the molecule is CC1SCC(C(=O)O)N1C(=O)N1CCC(CCO)C1. The number of aliphatic hydroxyl groups is 1. The number of nitrogens with zero attached hydrogens (tertiary/aromatic N) is 2. The molecule has 0 aromatic carbocycles. The minimum absolute atomic E-state index is 0.0921. The van der Waals surface area contributed by atoms with Crippen molar-refractivity contribution in [2.45, 2.75) is 31.2 Å². The highest BCUT2D eigenvalue weighted by Gasteiger charge is 2.42. The van der Waals surface area contributed by atoms with E-state index in [2.05, 4.69) is 0 Å². The number of hydrogen-bond acceptors (Lipinski definition) is 4. The maximum Gasteiger partial charge on any atom is 0.327 e. The number of likely N-dealkylation sites (tertiary alicyclic amines) is 1. The molecule has 0 radical (unpaired) electrons. The van der Waals surface area contributed by atoms with Crippen LogP contribution < -0.4 is 0 Å². The molecule has 2 aliphatic rings. The Bertz CT molecular complexity index is 366. The van der Waals surface area contributed by atoms with Gasteiger partial charge in [0.05, 0.1) is 5.37 Å². The molecule has 0 aromatic heterocycles. The van der Waals surface area contributed by atoms with Crippen molar-refractivity contribution in [2.24, 2.45) is 5.92 Å². The highest BCUT2D eigenvalue weighted by Crippen LogP contribution is 2.31. The molecule has 0 spiro atoms. The molecule has 0 aromatic rings. The number of thioether (sulfide) groups is 1. The molecule has 2 aliphatic heterocycles. The summed E-state index contributed by atoms with van der Waals surface area (Å²) < 4.78 is 0. The van der Waals surface area contributed by atoms with Crippen LogP contribution in [-0.4, -0.2) is 68.9 Å². The van der Waals surface area contributed by atoms with Gasteiger partial charge in [-0.05, 0) is 25.7 Å². The molecule has 0 bridgehead atoms. The number of carboxylic acids is 1. The van der Waals surface area contributed by atoms with Crippen LogP contribution in [0, 0.1) is 5.92 Å². The monoisotopic (exact) mass is 288 g/mol. The molecule has 3 unspecified atom stereocenters. The quantitative estimate of drug-likeness (QED) is 0.797. The predicted octanol–water partition coefficient (Wildman–Crippen LogP) is 0.659. The summed E-state index contributed by atoms with van der Waals surface area (Å²) in [5.74, 6) is -0.144. The highest BCUT2D eigenvalue weighted by atomic mass is 32.2. The molecule has 7 heteroatoms. The predicted molar refractivity (Wildman–Crippen MR) is 72.0 cm³/mol. The van der Waals surface area contributed by atoms with Crippen molar-refractivity contribution in [1.29, 1.82) is 0 Å². The van der Waals surface area contributed by atoms with Gasteiger partial charge in [0.2, 0.25) is 0 Å². The highest BCUT2D eigenvalue weighted by molar-refractivity contribution is 8.00. The first-order valence-corrected chi connectivity index (χ1v) is 7.62. The van der Waals surface area contributed by atoms with Gasteiger partial charge in [0.15, 0.2) is 0 Å². The second kappa shape index (κ2) is 6.00. The van der Waals surface area contributed by atoms with Crippen molar-refractivity contribution in [2.75, 3.05) is 25.4 Å². The molecule has 2 heterocycles. The number of rotatable bonds is 3. The van der Waals surface area contributed by atoms with Crippen LogP contribution in [0.3, 0.4) is 0 Å². The Kier molecular flexibility index (Phi) is 4.57. The molecule has 0 aliphatic carbocycles. The number of aliphatic hydroxyl groups excluding tert-OH is 1. The van der Waals surface area contributed by atoms with Gasteiger partial charge >= 0.3 is 12.0 Å². The van der Waals surface area contributed by atoms with E-state index in [-0.39, 0.29) is 18.0 Å². The number of aliphatic carboxylic acids is 1. The topological polar surface area (TPSA) is 81.1 Å². The molecular formula is C12H20N2O4S. The van der Waals surface area contributed by atoms with Crippen molar-refractivity contribution in [3.63, 3.8) is 0 Å². The Labute approximate surface area is 116 Å². The number of amides is 2.